The van der Waals surface area contributed by atoms with Crippen LogP contribution in [0.5, 0.6) is 0 Å². The summed E-state index contributed by atoms with van der Waals surface area (Å²) in [7, 11) is 0. The number of thioether (sulfide) groups is 1. The molecule has 1 fully saturated rings. The van der Waals surface area contributed by atoms with Gasteiger partial charge in [0.1, 0.15) is 0 Å². The van der Waals surface area contributed by atoms with Crippen LogP contribution in [0.1, 0.15) is 35.7 Å². The van der Waals surface area contributed by atoms with E-state index >= 15 is 0 Å². The summed E-state index contributed by atoms with van der Waals surface area (Å²) in [4.78, 5) is 23.1. The first kappa shape index (κ1) is 16.0. The minimum atomic E-state index is 0.00916. The molecule has 0 radical (unpaired) electrons. The number of amides is 1. The second kappa shape index (κ2) is 6.71. The number of hydrogen-bond donors (Lipinski definition) is 0. The third-order valence-electron chi connectivity index (χ3n) is 4.51. The first-order valence-corrected chi connectivity index (χ1v) is 9.06. The molecule has 0 N–H and O–H groups in total. The topological polar surface area (TPSA) is 46.1 Å². The number of likely N-dealkylation sites (tertiary alicyclic amines) is 1. The van der Waals surface area contributed by atoms with Crippen LogP contribution in [0.15, 0.2) is 47.9 Å². The number of carbonyl (C=O) groups is 1. The standard InChI is InChI=1S/C18H21N3OS/c1-18(15-7-4-3-5-8-15)9-6-10-21(13-18)16(22)14-11-19-17(23-2)20-12-14/h3-5,7-8,11-12H,6,9-10,13H2,1-2H3/t18-/m0/s1. The van der Waals surface area contributed by atoms with Crippen molar-refractivity contribution >= 4 is 17.7 Å². The van der Waals surface area contributed by atoms with Gasteiger partial charge < -0.3 is 4.90 Å². The van der Waals surface area contributed by atoms with Gasteiger partial charge in [0.15, 0.2) is 5.16 Å². The number of carbonyl (C=O) groups excluding carboxylic acids is 1. The lowest BCUT2D eigenvalue weighted by Gasteiger charge is -2.41. The van der Waals surface area contributed by atoms with E-state index in [2.05, 4.69) is 41.2 Å². The van der Waals surface area contributed by atoms with Gasteiger partial charge in [-0.1, -0.05) is 49.0 Å². The SMILES string of the molecule is CSc1ncc(C(=O)N2CCC[C@](C)(c3ccccc3)C2)cn1. The Bertz CT molecular complexity index is 674. The molecule has 2 aromatic rings. The maximum absolute atomic E-state index is 12.8. The van der Waals surface area contributed by atoms with E-state index in [0.717, 1.165) is 25.9 Å². The van der Waals surface area contributed by atoms with Crippen LogP contribution < -0.4 is 0 Å². The van der Waals surface area contributed by atoms with E-state index in [1.807, 2.05) is 17.2 Å². The van der Waals surface area contributed by atoms with Crippen molar-refractivity contribution in [2.75, 3.05) is 19.3 Å². The average Bonchev–Trinajstić information content (AvgIpc) is 2.62. The summed E-state index contributed by atoms with van der Waals surface area (Å²) < 4.78 is 0. The van der Waals surface area contributed by atoms with Gasteiger partial charge in [-0.2, -0.15) is 0 Å². The summed E-state index contributed by atoms with van der Waals surface area (Å²) in [6, 6.07) is 10.5. The molecule has 2 heterocycles. The average molecular weight is 327 g/mol. The lowest BCUT2D eigenvalue weighted by atomic mass is 9.76. The summed E-state index contributed by atoms with van der Waals surface area (Å²) in [6.45, 7) is 3.78. The van der Waals surface area contributed by atoms with E-state index in [-0.39, 0.29) is 11.3 Å². The quantitative estimate of drug-likeness (QED) is 0.640. The van der Waals surface area contributed by atoms with Crippen molar-refractivity contribution in [3.05, 3.63) is 53.9 Å². The Morgan fingerprint density at radius 3 is 2.57 bits per heavy atom. The van der Waals surface area contributed by atoms with Gasteiger partial charge in [0, 0.05) is 30.9 Å². The second-order valence-electron chi connectivity index (χ2n) is 6.22. The molecule has 1 atom stereocenters. The molecule has 4 nitrogen and oxygen atoms in total. The van der Waals surface area contributed by atoms with Gasteiger partial charge in [0.05, 0.1) is 5.56 Å². The Morgan fingerprint density at radius 1 is 1.22 bits per heavy atom. The maximum atomic E-state index is 12.8. The summed E-state index contributed by atoms with van der Waals surface area (Å²) in [5, 5.41) is 0.689. The van der Waals surface area contributed by atoms with E-state index in [0.29, 0.717) is 10.7 Å². The normalized spacial score (nSPS) is 21.2. The van der Waals surface area contributed by atoms with Gasteiger partial charge in [0.2, 0.25) is 0 Å². The molecule has 1 aromatic heterocycles. The summed E-state index contributed by atoms with van der Waals surface area (Å²) in [6.07, 6.45) is 7.31. The zero-order valence-electron chi connectivity index (χ0n) is 13.5. The lowest BCUT2D eigenvalue weighted by Crippen LogP contribution is -2.47. The highest BCUT2D eigenvalue weighted by molar-refractivity contribution is 7.98. The van der Waals surface area contributed by atoms with Gasteiger partial charge in [-0.3, -0.25) is 4.79 Å². The molecule has 1 saturated heterocycles. The highest BCUT2D eigenvalue weighted by Gasteiger charge is 2.34. The van der Waals surface area contributed by atoms with Gasteiger partial charge in [-0.15, -0.1) is 0 Å². The molecule has 1 aromatic carbocycles. The molecule has 1 aliphatic rings. The first-order valence-electron chi connectivity index (χ1n) is 7.83. The fraction of sp³-hybridized carbons (Fsp3) is 0.389. The lowest BCUT2D eigenvalue weighted by molar-refractivity contribution is 0.0650. The number of rotatable bonds is 3. The molecule has 0 unspecified atom stereocenters. The Balaban J connectivity index is 1.79. The number of piperidine rings is 1. The molecule has 0 bridgehead atoms. The van der Waals surface area contributed by atoms with E-state index in [4.69, 9.17) is 0 Å². The monoisotopic (exact) mass is 327 g/mol. The molecule has 1 amide bonds. The van der Waals surface area contributed by atoms with Crippen molar-refractivity contribution in [2.45, 2.75) is 30.3 Å². The molecule has 0 aliphatic carbocycles. The van der Waals surface area contributed by atoms with Crippen LogP contribution >= 0.6 is 11.8 Å². The molecule has 1 aliphatic heterocycles. The minimum absolute atomic E-state index is 0.00916. The van der Waals surface area contributed by atoms with Gasteiger partial charge in [-0.25, -0.2) is 9.97 Å². The van der Waals surface area contributed by atoms with Crippen LogP contribution in [0.4, 0.5) is 0 Å². The first-order chi connectivity index (χ1) is 11.1. The van der Waals surface area contributed by atoms with Crippen LogP contribution in [0.3, 0.4) is 0 Å². The fourth-order valence-corrected chi connectivity index (χ4v) is 3.52. The largest absolute Gasteiger partial charge is 0.338 e. The van der Waals surface area contributed by atoms with Crippen LogP contribution in [0.2, 0.25) is 0 Å². The van der Waals surface area contributed by atoms with Crippen LogP contribution in [-0.2, 0) is 5.41 Å². The Labute approximate surface area is 141 Å². The Morgan fingerprint density at radius 2 is 1.91 bits per heavy atom. The molecule has 3 rings (SSSR count). The summed E-state index contributed by atoms with van der Waals surface area (Å²) >= 11 is 1.47. The molecule has 0 spiro atoms. The van der Waals surface area contributed by atoms with Crippen molar-refractivity contribution in [3.8, 4) is 0 Å². The van der Waals surface area contributed by atoms with E-state index in [1.54, 1.807) is 12.4 Å². The van der Waals surface area contributed by atoms with Crippen LogP contribution in [0, 0.1) is 0 Å². The molecule has 0 saturated carbocycles. The van der Waals surface area contributed by atoms with Crippen molar-refractivity contribution in [3.63, 3.8) is 0 Å². The maximum Gasteiger partial charge on any atom is 0.257 e. The zero-order valence-corrected chi connectivity index (χ0v) is 14.3. The van der Waals surface area contributed by atoms with Gasteiger partial charge in [-0.05, 0) is 24.7 Å². The van der Waals surface area contributed by atoms with Gasteiger partial charge >= 0.3 is 0 Å². The zero-order chi connectivity index (χ0) is 16.3. The summed E-state index contributed by atoms with van der Waals surface area (Å²) in [5.74, 6) is 0.0273. The molecule has 5 heteroatoms. The van der Waals surface area contributed by atoms with Crippen LogP contribution in [0.25, 0.3) is 0 Å². The van der Waals surface area contributed by atoms with Gasteiger partial charge in [0.25, 0.3) is 5.91 Å². The number of nitrogens with zero attached hydrogens (tertiary/aromatic N) is 3. The van der Waals surface area contributed by atoms with E-state index in [9.17, 15) is 4.79 Å². The fourth-order valence-electron chi connectivity index (χ4n) is 3.20. The highest BCUT2D eigenvalue weighted by atomic mass is 32.2. The van der Waals surface area contributed by atoms with E-state index < -0.39 is 0 Å². The van der Waals surface area contributed by atoms with Crippen molar-refractivity contribution in [2.24, 2.45) is 0 Å². The highest BCUT2D eigenvalue weighted by Crippen LogP contribution is 2.34. The second-order valence-corrected chi connectivity index (χ2v) is 6.99. The molecule has 120 valence electrons. The third kappa shape index (κ3) is 3.39. The Hall–Kier alpha value is -1.88. The predicted molar refractivity (Wildman–Crippen MR) is 92.7 cm³/mol. The molecule has 23 heavy (non-hydrogen) atoms. The molecular weight excluding hydrogens is 306 g/mol. The number of benzene rings is 1. The van der Waals surface area contributed by atoms with Crippen molar-refractivity contribution in [1.29, 1.82) is 0 Å². The number of aromatic nitrogens is 2. The van der Waals surface area contributed by atoms with Crippen LogP contribution in [-0.4, -0.2) is 40.1 Å². The predicted octanol–water partition coefficient (Wildman–Crippen LogP) is 3.39. The number of hydrogen-bond acceptors (Lipinski definition) is 4. The van der Waals surface area contributed by atoms with Crippen molar-refractivity contribution < 1.29 is 4.79 Å². The Kier molecular flexibility index (Phi) is 4.66. The van der Waals surface area contributed by atoms with E-state index in [1.165, 1.54) is 17.3 Å². The molecular formula is C18H21N3OS. The summed E-state index contributed by atoms with van der Waals surface area (Å²) in [5.41, 5.74) is 1.88. The third-order valence-corrected chi connectivity index (χ3v) is 5.09. The minimum Gasteiger partial charge on any atom is -0.338 e. The van der Waals surface area contributed by atoms with Crippen molar-refractivity contribution in [1.82, 2.24) is 14.9 Å². The smallest absolute Gasteiger partial charge is 0.257 e.